The first-order valence-corrected chi connectivity index (χ1v) is 10.7. The summed E-state index contributed by atoms with van der Waals surface area (Å²) in [5.41, 5.74) is 1.85. The molecule has 0 bridgehead atoms. The van der Waals surface area contributed by atoms with Gasteiger partial charge in [0.05, 0.1) is 17.8 Å². The van der Waals surface area contributed by atoms with E-state index in [1.165, 1.54) is 6.07 Å². The van der Waals surface area contributed by atoms with E-state index in [4.69, 9.17) is 5.21 Å². The molecule has 1 aromatic carbocycles. The molecule has 5 atom stereocenters. The van der Waals surface area contributed by atoms with Gasteiger partial charge in [-0.2, -0.15) is 0 Å². The van der Waals surface area contributed by atoms with Crippen LogP contribution < -0.4 is 5.48 Å². The summed E-state index contributed by atoms with van der Waals surface area (Å²) in [6.45, 7) is 0. The van der Waals surface area contributed by atoms with E-state index >= 15 is 0 Å². The lowest BCUT2D eigenvalue weighted by atomic mass is 9.85. The molecule has 0 spiro atoms. The molecule has 5 N–H and O–H groups in total. The number of nitrogens with one attached hydrogen (secondary N) is 1. The van der Waals surface area contributed by atoms with E-state index in [0.717, 1.165) is 25.7 Å². The van der Waals surface area contributed by atoms with Crippen molar-refractivity contribution >= 4 is 5.91 Å². The summed E-state index contributed by atoms with van der Waals surface area (Å²) in [6, 6.07) is 6.13. The maximum absolute atomic E-state index is 13.6. The number of amides is 1. The number of halogens is 1. The Bertz CT molecular complexity index is 732. The maximum Gasteiger partial charge on any atom is 0.243 e. The highest BCUT2D eigenvalue weighted by molar-refractivity contribution is 5.74. The molecule has 0 heterocycles. The molecule has 166 valence electrons. The van der Waals surface area contributed by atoms with Crippen LogP contribution in [0, 0.1) is 29.5 Å². The molecule has 1 aliphatic carbocycles. The van der Waals surface area contributed by atoms with E-state index in [1.54, 1.807) is 23.7 Å². The fourth-order valence-electron chi connectivity index (χ4n) is 4.20. The van der Waals surface area contributed by atoms with Crippen molar-refractivity contribution in [3.8, 4) is 11.8 Å². The van der Waals surface area contributed by atoms with Crippen molar-refractivity contribution in [1.82, 2.24) is 5.48 Å². The van der Waals surface area contributed by atoms with Gasteiger partial charge in [-0.15, -0.1) is 0 Å². The lowest BCUT2D eigenvalue weighted by Crippen LogP contribution is -2.23. The number of aliphatic hydroxyl groups excluding tert-OH is 3. The first kappa shape index (κ1) is 24.3. The molecule has 1 aromatic rings. The number of hydrogen-bond donors (Lipinski definition) is 5. The molecular weight excluding hydrogens is 389 g/mol. The normalized spacial score (nSPS) is 24.2. The highest BCUT2D eigenvalue weighted by Gasteiger charge is 2.40. The Morgan fingerprint density at radius 1 is 1.10 bits per heavy atom. The van der Waals surface area contributed by atoms with E-state index in [-0.39, 0.29) is 29.7 Å². The van der Waals surface area contributed by atoms with E-state index in [2.05, 4.69) is 11.8 Å². The highest BCUT2D eigenvalue weighted by Crippen LogP contribution is 2.39. The standard InChI is InChI=1S/C23H32FNO5/c24-20-9-6-5-7-16(20)11-12-17(26)13-14-19-18(21(27)15-22(19)28)8-3-1-2-4-10-23(29)25-30/h5-7,9,17-19,21-22,26-28,30H,1-4,8,10,13-15H2,(H,25,29)/t17?,18?,19-,21+,22-/m1/s1. The minimum atomic E-state index is -0.923. The van der Waals surface area contributed by atoms with Crippen molar-refractivity contribution in [3.63, 3.8) is 0 Å². The van der Waals surface area contributed by atoms with Crippen LogP contribution in [-0.4, -0.2) is 44.7 Å². The Kier molecular flexibility index (Phi) is 10.2. The first-order valence-electron chi connectivity index (χ1n) is 10.7. The molecule has 1 saturated carbocycles. The lowest BCUT2D eigenvalue weighted by molar-refractivity contribution is -0.129. The van der Waals surface area contributed by atoms with Gasteiger partial charge in [0.25, 0.3) is 0 Å². The Morgan fingerprint density at radius 3 is 2.47 bits per heavy atom. The molecule has 6 nitrogen and oxygen atoms in total. The summed E-state index contributed by atoms with van der Waals surface area (Å²) in [5, 5.41) is 39.2. The van der Waals surface area contributed by atoms with E-state index in [1.807, 2.05) is 0 Å². The van der Waals surface area contributed by atoms with Crippen molar-refractivity contribution < 1.29 is 29.7 Å². The van der Waals surface area contributed by atoms with E-state index < -0.39 is 24.1 Å². The summed E-state index contributed by atoms with van der Waals surface area (Å²) in [4.78, 5) is 11.0. The van der Waals surface area contributed by atoms with Crippen LogP contribution in [0.15, 0.2) is 24.3 Å². The number of rotatable bonds is 10. The molecule has 0 aliphatic heterocycles. The first-order chi connectivity index (χ1) is 14.4. The van der Waals surface area contributed by atoms with E-state index in [9.17, 15) is 24.5 Å². The van der Waals surface area contributed by atoms with Crippen LogP contribution in [0.3, 0.4) is 0 Å². The van der Waals surface area contributed by atoms with Crippen LogP contribution in [-0.2, 0) is 4.79 Å². The SMILES string of the molecule is O=C(CCCCCCC1[C@@H](CCC(O)C#Cc2ccccc2F)[C@H](O)C[C@@H]1O)NO. The number of carbonyl (C=O) groups excluding carboxylic acids is 1. The van der Waals surface area contributed by atoms with Crippen molar-refractivity contribution in [1.29, 1.82) is 0 Å². The number of hydrogen-bond acceptors (Lipinski definition) is 5. The lowest BCUT2D eigenvalue weighted by Gasteiger charge is -2.24. The molecule has 0 radical (unpaired) electrons. The van der Waals surface area contributed by atoms with Crippen LogP contribution in [0.1, 0.15) is 63.4 Å². The highest BCUT2D eigenvalue weighted by atomic mass is 19.1. The summed E-state index contributed by atoms with van der Waals surface area (Å²) >= 11 is 0. The molecule has 30 heavy (non-hydrogen) atoms. The minimum Gasteiger partial charge on any atom is -0.393 e. The maximum atomic E-state index is 13.6. The van der Waals surface area contributed by atoms with Crippen LogP contribution in [0.5, 0.6) is 0 Å². The number of aliphatic hydroxyl groups is 3. The summed E-state index contributed by atoms with van der Waals surface area (Å²) in [5.74, 6) is 4.35. The average molecular weight is 422 g/mol. The fraction of sp³-hybridized carbons (Fsp3) is 0.609. The monoisotopic (exact) mass is 421 g/mol. The topological polar surface area (TPSA) is 110 Å². The van der Waals surface area contributed by atoms with Gasteiger partial charge in [-0.3, -0.25) is 10.0 Å². The summed E-state index contributed by atoms with van der Waals surface area (Å²) < 4.78 is 13.6. The largest absolute Gasteiger partial charge is 0.393 e. The molecular formula is C23H32FNO5. The predicted molar refractivity (Wildman–Crippen MR) is 110 cm³/mol. The minimum absolute atomic E-state index is 0.0348. The number of hydroxylamine groups is 1. The van der Waals surface area contributed by atoms with Crippen molar-refractivity contribution in [2.45, 2.75) is 76.1 Å². The van der Waals surface area contributed by atoms with Crippen molar-refractivity contribution in [2.75, 3.05) is 0 Å². The number of unbranched alkanes of at least 4 members (excludes halogenated alkanes) is 3. The third-order valence-electron chi connectivity index (χ3n) is 5.86. The van der Waals surface area contributed by atoms with Gasteiger partial charge in [-0.25, -0.2) is 9.87 Å². The van der Waals surface area contributed by atoms with Crippen LogP contribution in [0.2, 0.25) is 0 Å². The summed E-state index contributed by atoms with van der Waals surface area (Å²) in [6.07, 6.45) is 3.51. The smallest absolute Gasteiger partial charge is 0.243 e. The number of carbonyl (C=O) groups is 1. The Hall–Kier alpha value is -1.98. The zero-order valence-corrected chi connectivity index (χ0v) is 17.1. The van der Waals surface area contributed by atoms with Crippen molar-refractivity contribution in [2.24, 2.45) is 11.8 Å². The average Bonchev–Trinajstić information content (AvgIpc) is 3.00. The molecule has 0 aromatic heterocycles. The zero-order valence-electron chi connectivity index (χ0n) is 17.1. The summed E-state index contributed by atoms with van der Waals surface area (Å²) in [7, 11) is 0. The van der Waals surface area contributed by atoms with Gasteiger partial charge in [0.1, 0.15) is 11.9 Å². The predicted octanol–water partition coefficient (Wildman–Crippen LogP) is 2.52. The molecule has 0 saturated heterocycles. The van der Waals surface area contributed by atoms with Gasteiger partial charge in [0.15, 0.2) is 0 Å². The molecule has 2 rings (SSSR count). The van der Waals surface area contributed by atoms with Crippen molar-refractivity contribution in [3.05, 3.63) is 35.6 Å². The molecule has 7 heteroatoms. The molecule has 1 amide bonds. The van der Waals surface area contributed by atoms with Gasteiger partial charge in [0, 0.05) is 6.42 Å². The Morgan fingerprint density at radius 2 is 1.77 bits per heavy atom. The van der Waals surface area contributed by atoms with Gasteiger partial charge >= 0.3 is 0 Å². The molecule has 2 unspecified atom stereocenters. The van der Waals surface area contributed by atoms with Gasteiger partial charge in [-0.05, 0) is 56.1 Å². The zero-order chi connectivity index (χ0) is 21.9. The quantitative estimate of drug-likeness (QED) is 0.173. The van der Waals surface area contributed by atoms with Gasteiger partial charge in [0.2, 0.25) is 5.91 Å². The van der Waals surface area contributed by atoms with E-state index in [0.29, 0.717) is 25.7 Å². The fourth-order valence-corrected chi connectivity index (χ4v) is 4.20. The second-order valence-corrected chi connectivity index (χ2v) is 8.03. The molecule has 1 aliphatic rings. The number of benzene rings is 1. The second kappa shape index (κ2) is 12.7. The third kappa shape index (κ3) is 7.69. The van der Waals surface area contributed by atoms with Crippen LogP contribution in [0.4, 0.5) is 4.39 Å². The second-order valence-electron chi connectivity index (χ2n) is 8.03. The van der Waals surface area contributed by atoms with Crippen LogP contribution >= 0.6 is 0 Å². The van der Waals surface area contributed by atoms with Gasteiger partial charge < -0.3 is 15.3 Å². The van der Waals surface area contributed by atoms with Gasteiger partial charge in [-0.1, -0.05) is 43.2 Å². The Balaban J connectivity index is 1.77. The molecule has 1 fully saturated rings. The third-order valence-corrected chi connectivity index (χ3v) is 5.86. The van der Waals surface area contributed by atoms with Crippen LogP contribution in [0.25, 0.3) is 0 Å². The Labute approximate surface area is 177 Å².